The lowest BCUT2D eigenvalue weighted by Gasteiger charge is -2.21. The second-order valence-corrected chi connectivity index (χ2v) is 5.12. The zero-order valence-corrected chi connectivity index (χ0v) is 11.5. The van der Waals surface area contributed by atoms with Crippen molar-refractivity contribution in [2.24, 2.45) is 4.99 Å². The molecule has 0 spiro atoms. The molecule has 5 nitrogen and oxygen atoms in total. The second-order valence-electron chi connectivity index (χ2n) is 4.17. The molecule has 0 unspecified atom stereocenters. The van der Waals surface area contributed by atoms with Gasteiger partial charge in [-0.05, 0) is 19.9 Å². The Labute approximate surface area is 111 Å². The molecule has 0 aromatic carbocycles. The van der Waals surface area contributed by atoms with Crippen LogP contribution in [0, 0.1) is 6.92 Å². The Kier molecular flexibility index (Phi) is 3.86. The van der Waals surface area contributed by atoms with Gasteiger partial charge in [0.25, 0.3) is 0 Å². The summed E-state index contributed by atoms with van der Waals surface area (Å²) in [5.74, 6) is 1.75. The molecule has 0 bridgehead atoms. The highest BCUT2D eigenvalue weighted by atomic mass is 32.2. The Balaban J connectivity index is 2.00. The van der Waals surface area contributed by atoms with Gasteiger partial charge in [0.2, 0.25) is 5.88 Å². The van der Waals surface area contributed by atoms with Crippen LogP contribution in [0.15, 0.2) is 28.0 Å². The molecule has 18 heavy (non-hydrogen) atoms. The van der Waals surface area contributed by atoms with Crippen molar-refractivity contribution in [3.8, 4) is 5.88 Å². The highest BCUT2D eigenvalue weighted by Crippen LogP contribution is 2.21. The minimum absolute atomic E-state index is 0.0158. The lowest BCUT2D eigenvalue weighted by Crippen LogP contribution is -2.27. The lowest BCUT2D eigenvalue weighted by molar-refractivity contribution is 0.444. The number of rotatable bonds is 3. The number of aromatic hydroxyl groups is 1. The molecule has 0 aliphatic carbocycles. The molecule has 0 fully saturated rings. The van der Waals surface area contributed by atoms with Crippen molar-refractivity contribution in [1.82, 2.24) is 14.9 Å². The van der Waals surface area contributed by atoms with Crippen LogP contribution in [0.5, 0.6) is 5.88 Å². The first-order chi connectivity index (χ1) is 8.54. The van der Waals surface area contributed by atoms with Crippen molar-refractivity contribution < 1.29 is 5.11 Å². The van der Waals surface area contributed by atoms with Gasteiger partial charge in [-0.1, -0.05) is 11.8 Å². The first kappa shape index (κ1) is 12.9. The van der Waals surface area contributed by atoms with Gasteiger partial charge in [-0.15, -0.1) is 0 Å². The van der Waals surface area contributed by atoms with Crippen molar-refractivity contribution in [2.75, 3.05) is 19.3 Å². The normalized spacial score (nSPS) is 15.4. The molecule has 1 aliphatic heterocycles. The molecular formula is C12H16N4OS. The molecule has 1 aromatic rings. The fourth-order valence-corrected chi connectivity index (χ4v) is 2.36. The van der Waals surface area contributed by atoms with E-state index in [9.17, 15) is 5.11 Å². The number of nitrogens with zero attached hydrogens (tertiary/aromatic N) is 4. The highest BCUT2D eigenvalue weighted by Gasteiger charge is 2.09. The fraction of sp³-hybridized carbons (Fsp3) is 0.417. The first-order valence-electron chi connectivity index (χ1n) is 5.67. The van der Waals surface area contributed by atoms with Gasteiger partial charge in [0.05, 0.1) is 5.70 Å². The third-order valence-electron chi connectivity index (χ3n) is 2.63. The third-order valence-corrected chi connectivity index (χ3v) is 3.51. The van der Waals surface area contributed by atoms with E-state index in [4.69, 9.17) is 0 Å². The van der Waals surface area contributed by atoms with Crippen LogP contribution in [0.4, 0.5) is 0 Å². The van der Waals surface area contributed by atoms with Crippen LogP contribution in [0.25, 0.3) is 0 Å². The van der Waals surface area contributed by atoms with Gasteiger partial charge in [-0.3, -0.25) is 0 Å². The van der Waals surface area contributed by atoms with E-state index in [2.05, 4.69) is 25.9 Å². The van der Waals surface area contributed by atoms with E-state index in [0.717, 1.165) is 23.8 Å². The summed E-state index contributed by atoms with van der Waals surface area (Å²) in [7, 11) is 2.01. The number of aryl methyl sites for hydroxylation is 1. The standard InChI is InChI=1S/C12H16N4OS/c1-8-6-11(17)15-12(13-8)18-7-10-4-5-16(3)9(2)14-10/h4,6H,5,7H2,1-3H3,(H,13,15,17). The van der Waals surface area contributed by atoms with E-state index in [1.165, 1.54) is 11.8 Å². The molecule has 1 N–H and O–H groups in total. The molecule has 6 heteroatoms. The summed E-state index contributed by atoms with van der Waals surface area (Å²) in [4.78, 5) is 14.8. The van der Waals surface area contributed by atoms with Crippen LogP contribution in [0.3, 0.4) is 0 Å². The van der Waals surface area contributed by atoms with E-state index >= 15 is 0 Å². The minimum Gasteiger partial charge on any atom is -0.493 e. The molecular weight excluding hydrogens is 248 g/mol. The Hall–Kier alpha value is -1.56. The SMILES string of the molecule is CC1=NC(CSc2nc(C)cc(O)n2)=CCN1C. The van der Waals surface area contributed by atoms with E-state index in [-0.39, 0.29) is 5.88 Å². The molecule has 96 valence electrons. The summed E-state index contributed by atoms with van der Waals surface area (Å²) in [5, 5.41) is 9.98. The molecule has 0 atom stereocenters. The third kappa shape index (κ3) is 3.22. The van der Waals surface area contributed by atoms with E-state index in [1.54, 1.807) is 6.07 Å². The summed E-state index contributed by atoms with van der Waals surface area (Å²) < 4.78 is 0. The largest absolute Gasteiger partial charge is 0.493 e. The van der Waals surface area contributed by atoms with E-state index < -0.39 is 0 Å². The minimum atomic E-state index is 0.0158. The van der Waals surface area contributed by atoms with Crippen molar-refractivity contribution in [3.05, 3.63) is 23.5 Å². The van der Waals surface area contributed by atoms with Crippen LogP contribution in [-0.4, -0.2) is 45.2 Å². The predicted molar refractivity (Wildman–Crippen MR) is 73.0 cm³/mol. The number of thioether (sulfide) groups is 1. The van der Waals surface area contributed by atoms with Gasteiger partial charge in [0, 0.05) is 31.1 Å². The maximum atomic E-state index is 9.39. The Morgan fingerprint density at radius 3 is 2.83 bits per heavy atom. The van der Waals surface area contributed by atoms with Crippen LogP contribution in [0.2, 0.25) is 0 Å². The number of hydrogen-bond acceptors (Lipinski definition) is 6. The van der Waals surface area contributed by atoms with Gasteiger partial charge in [0.15, 0.2) is 5.16 Å². The Bertz CT molecular complexity index is 493. The van der Waals surface area contributed by atoms with Gasteiger partial charge in [-0.2, -0.15) is 4.98 Å². The quantitative estimate of drug-likeness (QED) is 0.666. The number of hydrogen-bond donors (Lipinski definition) is 1. The predicted octanol–water partition coefficient (Wildman–Crippen LogP) is 1.83. The van der Waals surface area contributed by atoms with Gasteiger partial charge < -0.3 is 10.0 Å². The summed E-state index contributed by atoms with van der Waals surface area (Å²) in [6, 6.07) is 1.54. The molecule has 2 heterocycles. The summed E-state index contributed by atoms with van der Waals surface area (Å²) in [6.07, 6.45) is 2.09. The van der Waals surface area contributed by atoms with E-state index in [0.29, 0.717) is 10.9 Å². The molecule has 0 saturated carbocycles. The van der Waals surface area contributed by atoms with Crippen molar-refractivity contribution in [3.63, 3.8) is 0 Å². The van der Waals surface area contributed by atoms with Crippen molar-refractivity contribution in [2.45, 2.75) is 19.0 Å². The Morgan fingerprint density at radius 1 is 1.39 bits per heavy atom. The zero-order chi connectivity index (χ0) is 13.1. The van der Waals surface area contributed by atoms with Crippen molar-refractivity contribution in [1.29, 1.82) is 0 Å². The highest BCUT2D eigenvalue weighted by molar-refractivity contribution is 7.99. The molecule has 0 amide bonds. The first-order valence-corrected chi connectivity index (χ1v) is 6.66. The topological polar surface area (TPSA) is 61.6 Å². The molecule has 2 rings (SSSR count). The fourth-order valence-electron chi connectivity index (χ4n) is 1.53. The van der Waals surface area contributed by atoms with Crippen LogP contribution >= 0.6 is 11.8 Å². The molecule has 0 saturated heterocycles. The molecule has 1 aliphatic rings. The number of aliphatic imine (C=N–C) groups is 1. The molecule has 1 aromatic heterocycles. The summed E-state index contributed by atoms with van der Waals surface area (Å²) in [6.45, 7) is 4.71. The zero-order valence-electron chi connectivity index (χ0n) is 10.7. The van der Waals surface area contributed by atoms with Crippen molar-refractivity contribution >= 4 is 17.6 Å². The van der Waals surface area contributed by atoms with Crippen LogP contribution in [-0.2, 0) is 0 Å². The van der Waals surface area contributed by atoms with Gasteiger partial charge in [-0.25, -0.2) is 9.98 Å². The van der Waals surface area contributed by atoms with Crippen LogP contribution in [0.1, 0.15) is 12.6 Å². The summed E-state index contributed by atoms with van der Waals surface area (Å²) >= 11 is 1.48. The average Bonchev–Trinajstić information content (AvgIpc) is 2.29. The van der Waals surface area contributed by atoms with Gasteiger partial charge >= 0.3 is 0 Å². The van der Waals surface area contributed by atoms with Gasteiger partial charge in [0.1, 0.15) is 5.84 Å². The number of amidine groups is 1. The maximum absolute atomic E-state index is 9.39. The average molecular weight is 264 g/mol. The van der Waals surface area contributed by atoms with Crippen LogP contribution < -0.4 is 0 Å². The Morgan fingerprint density at radius 2 is 2.17 bits per heavy atom. The summed E-state index contributed by atoms with van der Waals surface area (Å²) in [5.41, 5.74) is 1.79. The number of aromatic nitrogens is 2. The lowest BCUT2D eigenvalue weighted by atomic mass is 10.3. The maximum Gasteiger partial charge on any atom is 0.215 e. The smallest absolute Gasteiger partial charge is 0.215 e. The van der Waals surface area contributed by atoms with E-state index in [1.807, 2.05) is 20.9 Å². The molecule has 0 radical (unpaired) electrons. The number of likely N-dealkylation sites (N-methyl/N-ethyl adjacent to an activating group) is 1. The monoisotopic (exact) mass is 264 g/mol. The second kappa shape index (κ2) is 5.39.